The topological polar surface area (TPSA) is 47.0 Å². The number of aromatic nitrogens is 2. The summed E-state index contributed by atoms with van der Waals surface area (Å²) in [7, 11) is -1.94. The maximum atomic E-state index is 12.7. The molecule has 0 spiro atoms. The molecule has 0 unspecified atom stereocenters. The number of hydrogen-bond acceptors (Lipinski definition) is 4. The fraction of sp³-hybridized carbons (Fsp3) is 0.412. The van der Waals surface area contributed by atoms with Crippen LogP contribution in [0.5, 0.6) is 5.75 Å². The van der Waals surface area contributed by atoms with Crippen molar-refractivity contribution >= 4 is 31.6 Å². The highest BCUT2D eigenvalue weighted by Crippen LogP contribution is 2.37. The first kappa shape index (κ1) is 20.5. The van der Waals surface area contributed by atoms with Gasteiger partial charge in [0.05, 0.1) is 0 Å². The molecule has 9 heteroatoms. The van der Waals surface area contributed by atoms with Gasteiger partial charge in [0.1, 0.15) is 16.5 Å². The van der Waals surface area contributed by atoms with E-state index in [0.29, 0.717) is 11.9 Å². The Labute approximate surface area is 156 Å². The molecule has 0 aliphatic heterocycles. The molecule has 0 bridgehead atoms. The average Bonchev–Trinajstić information content (AvgIpc) is 2.46. The highest BCUT2D eigenvalue weighted by Gasteiger charge is 2.39. The minimum absolute atomic E-state index is 0.0129. The maximum Gasteiger partial charge on any atom is 0.420 e. The van der Waals surface area contributed by atoms with Crippen molar-refractivity contribution in [3.05, 3.63) is 41.2 Å². The Balaban J connectivity index is 2.12. The molecule has 2 rings (SSSR count). The van der Waals surface area contributed by atoms with E-state index in [1.807, 2.05) is 0 Å². The molecule has 142 valence electrons. The van der Waals surface area contributed by atoms with Gasteiger partial charge in [-0.3, -0.25) is 0 Å². The Morgan fingerprint density at radius 1 is 1.08 bits per heavy atom. The third kappa shape index (κ3) is 4.88. The Hall–Kier alpha value is -1.80. The normalized spacial score (nSPS) is 12.8. The van der Waals surface area contributed by atoms with Gasteiger partial charge in [-0.2, -0.15) is 13.2 Å². The Morgan fingerprint density at radius 2 is 1.65 bits per heavy atom. The van der Waals surface area contributed by atoms with Gasteiger partial charge in [0, 0.05) is 11.9 Å². The number of hydrogen-bond donors (Lipinski definition) is 1. The van der Waals surface area contributed by atoms with Crippen LogP contribution in [0.1, 0.15) is 26.3 Å². The molecule has 1 N–H and O–H groups in total. The summed E-state index contributed by atoms with van der Waals surface area (Å²) in [6, 6.07) is 7.10. The molecular formula is C17H21ClF3N3OSi. The summed E-state index contributed by atoms with van der Waals surface area (Å²) >= 11 is 5.59. The van der Waals surface area contributed by atoms with E-state index < -0.39 is 25.2 Å². The Morgan fingerprint density at radius 3 is 2.12 bits per heavy atom. The molecule has 0 amide bonds. The van der Waals surface area contributed by atoms with Gasteiger partial charge in [-0.1, -0.05) is 32.4 Å². The van der Waals surface area contributed by atoms with E-state index in [1.54, 1.807) is 24.3 Å². The number of nitrogens with one attached hydrogen (secondary N) is 1. The van der Waals surface area contributed by atoms with Crippen molar-refractivity contribution in [3.8, 4) is 5.75 Å². The molecule has 0 aliphatic rings. The van der Waals surface area contributed by atoms with Gasteiger partial charge in [-0.25, -0.2) is 9.97 Å². The summed E-state index contributed by atoms with van der Waals surface area (Å²) in [5.74, 6) is 0.731. The van der Waals surface area contributed by atoms with Gasteiger partial charge in [0.15, 0.2) is 0 Å². The molecule has 0 saturated heterocycles. The van der Waals surface area contributed by atoms with E-state index in [9.17, 15) is 13.2 Å². The van der Waals surface area contributed by atoms with Gasteiger partial charge in [0.25, 0.3) is 0 Å². The van der Waals surface area contributed by atoms with E-state index in [-0.39, 0.29) is 11.0 Å². The van der Waals surface area contributed by atoms with E-state index in [1.165, 1.54) is 0 Å². The zero-order chi connectivity index (χ0) is 19.8. The van der Waals surface area contributed by atoms with Gasteiger partial charge < -0.3 is 9.74 Å². The number of halogens is 4. The van der Waals surface area contributed by atoms with Crippen LogP contribution < -0.4 is 9.74 Å². The van der Waals surface area contributed by atoms with Gasteiger partial charge >= 0.3 is 6.18 Å². The quantitative estimate of drug-likeness (QED) is 0.482. The predicted molar refractivity (Wildman–Crippen MR) is 99.6 cm³/mol. The van der Waals surface area contributed by atoms with Crippen LogP contribution in [-0.4, -0.2) is 18.3 Å². The monoisotopic (exact) mass is 403 g/mol. The first-order chi connectivity index (χ1) is 11.8. The largest absolute Gasteiger partial charge is 0.544 e. The predicted octanol–water partition coefficient (Wildman–Crippen LogP) is 6.28. The summed E-state index contributed by atoms with van der Waals surface area (Å²) in [6.07, 6.45) is -3.93. The van der Waals surface area contributed by atoms with Crippen LogP contribution in [0.25, 0.3) is 0 Å². The molecule has 1 aromatic heterocycles. The van der Waals surface area contributed by atoms with Gasteiger partial charge in [-0.05, 0) is 42.4 Å². The van der Waals surface area contributed by atoms with E-state index in [2.05, 4.69) is 49.1 Å². The van der Waals surface area contributed by atoms with E-state index in [0.717, 1.165) is 5.75 Å². The van der Waals surface area contributed by atoms with Crippen molar-refractivity contribution in [2.75, 3.05) is 5.32 Å². The van der Waals surface area contributed by atoms with E-state index >= 15 is 0 Å². The van der Waals surface area contributed by atoms with Crippen molar-refractivity contribution in [1.82, 2.24) is 9.97 Å². The lowest BCUT2D eigenvalue weighted by Gasteiger charge is -2.36. The van der Waals surface area contributed by atoms with Crippen LogP contribution in [-0.2, 0) is 6.18 Å². The molecule has 0 radical (unpaired) electrons. The van der Waals surface area contributed by atoms with Crippen molar-refractivity contribution in [2.24, 2.45) is 0 Å². The zero-order valence-corrected chi connectivity index (χ0v) is 17.0. The van der Waals surface area contributed by atoms with Gasteiger partial charge in [-0.15, -0.1) is 0 Å². The average molecular weight is 404 g/mol. The van der Waals surface area contributed by atoms with Crippen LogP contribution in [0.4, 0.5) is 24.8 Å². The third-order valence-electron chi connectivity index (χ3n) is 4.34. The highest BCUT2D eigenvalue weighted by molar-refractivity contribution is 6.74. The van der Waals surface area contributed by atoms with Crippen LogP contribution in [0.3, 0.4) is 0 Å². The number of anilines is 2. The number of nitrogens with zero attached hydrogens (tertiary/aromatic N) is 2. The van der Waals surface area contributed by atoms with Crippen LogP contribution in [0, 0.1) is 0 Å². The number of rotatable bonds is 4. The lowest BCUT2D eigenvalue weighted by Crippen LogP contribution is -2.43. The second kappa shape index (κ2) is 7.07. The molecular weight excluding hydrogens is 383 g/mol. The minimum Gasteiger partial charge on any atom is -0.544 e. The molecule has 0 fully saturated rings. The van der Waals surface area contributed by atoms with Crippen molar-refractivity contribution < 1.29 is 17.6 Å². The van der Waals surface area contributed by atoms with E-state index in [4.69, 9.17) is 16.0 Å². The second-order valence-electron chi connectivity index (χ2n) is 7.41. The van der Waals surface area contributed by atoms with Crippen molar-refractivity contribution in [1.29, 1.82) is 0 Å². The molecule has 4 nitrogen and oxygen atoms in total. The lowest BCUT2D eigenvalue weighted by molar-refractivity contribution is -0.137. The Kier molecular flexibility index (Phi) is 5.58. The standard InChI is InChI=1S/C17H21ClF3N3OSi/c1-16(2,3)26(4,5)25-12-8-6-11(7-9-12)23-15-22-10-13(14(18)24-15)17(19,20)21/h6-10H,1-5H3,(H,22,23,24). The summed E-state index contributed by atoms with van der Waals surface area (Å²) in [5, 5.41) is 2.26. The van der Waals surface area contributed by atoms with Crippen LogP contribution >= 0.6 is 11.6 Å². The molecule has 0 aliphatic carbocycles. The number of benzene rings is 1. The van der Waals surface area contributed by atoms with Crippen molar-refractivity contribution in [2.45, 2.75) is 45.1 Å². The Bertz CT molecular complexity index is 774. The molecule has 26 heavy (non-hydrogen) atoms. The van der Waals surface area contributed by atoms with Gasteiger partial charge in [0.2, 0.25) is 14.3 Å². The summed E-state index contributed by atoms with van der Waals surface area (Å²) in [6.45, 7) is 10.8. The molecule has 1 heterocycles. The van der Waals surface area contributed by atoms with Crippen LogP contribution in [0.2, 0.25) is 23.3 Å². The van der Waals surface area contributed by atoms with Crippen molar-refractivity contribution in [3.63, 3.8) is 0 Å². The summed E-state index contributed by atoms with van der Waals surface area (Å²) in [5.41, 5.74) is -0.453. The number of alkyl halides is 3. The zero-order valence-electron chi connectivity index (χ0n) is 15.2. The van der Waals surface area contributed by atoms with Crippen LogP contribution in [0.15, 0.2) is 30.5 Å². The fourth-order valence-electron chi connectivity index (χ4n) is 1.79. The molecule has 0 atom stereocenters. The fourth-order valence-corrected chi connectivity index (χ4v) is 3.06. The third-order valence-corrected chi connectivity index (χ3v) is 8.98. The molecule has 2 aromatic rings. The SMILES string of the molecule is CC(C)(C)[Si](C)(C)Oc1ccc(Nc2ncc(C(F)(F)F)c(Cl)n2)cc1. The maximum absolute atomic E-state index is 12.7. The first-order valence-electron chi connectivity index (χ1n) is 7.95. The minimum atomic E-state index is -4.58. The summed E-state index contributed by atoms with van der Waals surface area (Å²) in [4.78, 5) is 7.31. The first-order valence-corrected chi connectivity index (χ1v) is 11.2. The lowest BCUT2D eigenvalue weighted by atomic mass is 10.2. The second-order valence-corrected chi connectivity index (χ2v) is 12.5. The molecule has 0 saturated carbocycles. The highest BCUT2D eigenvalue weighted by atomic mass is 35.5. The summed E-state index contributed by atoms with van der Waals surface area (Å²) < 4.78 is 44.2. The molecule has 1 aromatic carbocycles. The smallest absolute Gasteiger partial charge is 0.420 e.